The van der Waals surface area contributed by atoms with Crippen molar-refractivity contribution in [2.45, 2.75) is 20.0 Å². The third-order valence-corrected chi connectivity index (χ3v) is 3.23. The minimum Gasteiger partial charge on any atom is -0.457 e. The lowest BCUT2D eigenvalue weighted by Crippen LogP contribution is -2.14. The Morgan fingerprint density at radius 2 is 1.92 bits per heavy atom. The zero-order valence-electron chi connectivity index (χ0n) is 13.0. The van der Waals surface area contributed by atoms with Crippen LogP contribution >= 0.6 is 0 Å². The molecule has 0 radical (unpaired) electrons. The topological polar surface area (TPSA) is 98.5 Å². The van der Waals surface area contributed by atoms with E-state index in [-0.39, 0.29) is 30.2 Å². The fourth-order valence-corrected chi connectivity index (χ4v) is 2.00. The molecule has 2 aromatic carbocycles. The number of nitrogens with zero attached hydrogens (tertiary/aromatic N) is 1. The van der Waals surface area contributed by atoms with Gasteiger partial charge in [-0.1, -0.05) is 31.2 Å². The lowest BCUT2D eigenvalue weighted by molar-refractivity contribution is -0.384. The maximum Gasteiger partial charge on any atom is 0.340 e. The molecule has 0 fully saturated rings. The Hall–Kier alpha value is -3.22. The van der Waals surface area contributed by atoms with Gasteiger partial charge >= 0.3 is 5.97 Å². The van der Waals surface area contributed by atoms with Gasteiger partial charge in [-0.3, -0.25) is 14.9 Å². The Bertz CT molecular complexity index is 773. The van der Waals surface area contributed by atoms with Crippen molar-refractivity contribution in [2.24, 2.45) is 0 Å². The number of rotatable bonds is 6. The zero-order chi connectivity index (χ0) is 17.5. The van der Waals surface area contributed by atoms with Crippen LogP contribution in [-0.4, -0.2) is 16.8 Å². The highest BCUT2D eigenvalue weighted by Crippen LogP contribution is 2.18. The summed E-state index contributed by atoms with van der Waals surface area (Å²) in [7, 11) is 0. The molecule has 0 aliphatic rings. The molecule has 0 saturated heterocycles. The SMILES string of the molecule is CCC(=O)Nc1ccccc1C(=O)OCc1cccc([N+](=O)[O-])c1. The minimum absolute atomic E-state index is 0.0702. The molecular weight excluding hydrogens is 312 g/mol. The van der Waals surface area contributed by atoms with Crippen molar-refractivity contribution in [1.82, 2.24) is 0 Å². The molecule has 7 nitrogen and oxygen atoms in total. The van der Waals surface area contributed by atoms with E-state index >= 15 is 0 Å². The molecule has 0 aliphatic heterocycles. The molecule has 1 N–H and O–H groups in total. The van der Waals surface area contributed by atoms with Crippen LogP contribution in [0.5, 0.6) is 0 Å². The normalized spacial score (nSPS) is 10.0. The van der Waals surface area contributed by atoms with E-state index in [0.717, 1.165) is 0 Å². The molecule has 0 aliphatic carbocycles. The van der Waals surface area contributed by atoms with Gasteiger partial charge in [0.05, 0.1) is 16.2 Å². The number of carbonyl (C=O) groups is 2. The monoisotopic (exact) mass is 328 g/mol. The summed E-state index contributed by atoms with van der Waals surface area (Å²) in [4.78, 5) is 34.0. The van der Waals surface area contributed by atoms with Crippen LogP contribution in [0.15, 0.2) is 48.5 Å². The molecule has 0 heterocycles. The van der Waals surface area contributed by atoms with Gasteiger partial charge < -0.3 is 10.1 Å². The molecule has 7 heteroatoms. The highest BCUT2D eigenvalue weighted by molar-refractivity contribution is 6.01. The first-order chi connectivity index (χ1) is 11.5. The third-order valence-electron chi connectivity index (χ3n) is 3.23. The van der Waals surface area contributed by atoms with Crippen LogP contribution in [-0.2, 0) is 16.1 Å². The first kappa shape index (κ1) is 17.1. The van der Waals surface area contributed by atoms with Crippen LogP contribution in [0.3, 0.4) is 0 Å². The largest absolute Gasteiger partial charge is 0.457 e. The standard InChI is InChI=1S/C17H16N2O5/c1-2-16(20)18-15-9-4-3-8-14(15)17(21)24-11-12-6-5-7-13(10-12)19(22)23/h3-10H,2,11H2,1H3,(H,18,20). The van der Waals surface area contributed by atoms with Gasteiger partial charge in [0.1, 0.15) is 6.61 Å². The summed E-state index contributed by atoms with van der Waals surface area (Å²) in [6.45, 7) is 1.61. The molecule has 24 heavy (non-hydrogen) atoms. The number of carbonyl (C=O) groups excluding carboxylic acids is 2. The Morgan fingerprint density at radius 3 is 2.62 bits per heavy atom. The average Bonchev–Trinajstić information content (AvgIpc) is 2.60. The van der Waals surface area contributed by atoms with Crippen molar-refractivity contribution >= 4 is 23.3 Å². The van der Waals surface area contributed by atoms with Gasteiger partial charge in [0.15, 0.2) is 0 Å². The van der Waals surface area contributed by atoms with Crippen molar-refractivity contribution in [2.75, 3.05) is 5.32 Å². The highest BCUT2D eigenvalue weighted by Gasteiger charge is 2.14. The van der Waals surface area contributed by atoms with Crippen LogP contribution < -0.4 is 5.32 Å². The van der Waals surface area contributed by atoms with Gasteiger partial charge in [-0.05, 0) is 17.7 Å². The second-order valence-corrected chi connectivity index (χ2v) is 4.95. The fraction of sp³-hybridized carbons (Fsp3) is 0.176. The Morgan fingerprint density at radius 1 is 1.17 bits per heavy atom. The average molecular weight is 328 g/mol. The molecule has 0 unspecified atom stereocenters. The maximum atomic E-state index is 12.2. The summed E-state index contributed by atoms with van der Waals surface area (Å²) >= 11 is 0. The summed E-state index contributed by atoms with van der Waals surface area (Å²) < 4.78 is 5.19. The second kappa shape index (κ2) is 7.87. The Labute approximate surface area is 138 Å². The molecule has 0 saturated carbocycles. The van der Waals surface area contributed by atoms with Crippen molar-refractivity contribution in [3.05, 3.63) is 69.8 Å². The van der Waals surface area contributed by atoms with Crippen LogP contribution in [0.1, 0.15) is 29.3 Å². The third kappa shape index (κ3) is 4.39. The number of hydrogen-bond donors (Lipinski definition) is 1. The first-order valence-electron chi connectivity index (χ1n) is 7.30. The van der Waals surface area contributed by atoms with E-state index in [0.29, 0.717) is 11.3 Å². The van der Waals surface area contributed by atoms with E-state index in [4.69, 9.17) is 4.74 Å². The van der Waals surface area contributed by atoms with E-state index < -0.39 is 10.9 Å². The van der Waals surface area contributed by atoms with E-state index in [1.807, 2.05) is 0 Å². The number of amides is 1. The quantitative estimate of drug-likeness (QED) is 0.498. The second-order valence-electron chi connectivity index (χ2n) is 4.95. The first-order valence-corrected chi connectivity index (χ1v) is 7.30. The molecule has 0 atom stereocenters. The predicted molar refractivity (Wildman–Crippen MR) is 87.6 cm³/mol. The molecule has 124 valence electrons. The number of esters is 1. The zero-order valence-corrected chi connectivity index (χ0v) is 13.0. The lowest BCUT2D eigenvalue weighted by atomic mass is 10.1. The number of non-ortho nitro benzene ring substituents is 1. The molecule has 0 spiro atoms. The molecule has 0 aromatic heterocycles. The van der Waals surface area contributed by atoms with Crippen LogP contribution in [0, 0.1) is 10.1 Å². The number of ether oxygens (including phenoxy) is 1. The van der Waals surface area contributed by atoms with Crippen molar-refractivity contribution < 1.29 is 19.2 Å². The summed E-state index contributed by atoms with van der Waals surface area (Å²) in [6, 6.07) is 12.4. The summed E-state index contributed by atoms with van der Waals surface area (Å²) in [5, 5.41) is 13.4. The predicted octanol–water partition coefficient (Wildman–Crippen LogP) is 3.30. The molecule has 2 aromatic rings. The summed E-state index contributed by atoms with van der Waals surface area (Å²) in [5.41, 5.74) is 1.03. The van der Waals surface area contributed by atoms with E-state index in [9.17, 15) is 19.7 Å². The number of nitro groups is 1. The molecule has 2 rings (SSSR count). The summed E-state index contributed by atoms with van der Waals surface area (Å²) in [6.07, 6.45) is 0.289. The smallest absolute Gasteiger partial charge is 0.340 e. The highest BCUT2D eigenvalue weighted by atomic mass is 16.6. The van der Waals surface area contributed by atoms with Crippen molar-refractivity contribution in [3.63, 3.8) is 0 Å². The van der Waals surface area contributed by atoms with Crippen molar-refractivity contribution in [1.29, 1.82) is 0 Å². The molecule has 0 bridgehead atoms. The van der Waals surface area contributed by atoms with E-state index in [1.54, 1.807) is 37.3 Å². The molecule has 1 amide bonds. The van der Waals surface area contributed by atoms with Gasteiger partial charge in [0.2, 0.25) is 5.91 Å². The van der Waals surface area contributed by atoms with Gasteiger partial charge in [-0.15, -0.1) is 0 Å². The van der Waals surface area contributed by atoms with Crippen molar-refractivity contribution in [3.8, 4) is 0 Å². The number of anilines is 1. The number of nitrogens with one attached hydrogen (secondary N) is 1. The molecular formula is C17H16N2O5. The summed E-state index contributed by atoms with van der Waals surface area (Å²) in [5.74, 6) is -0.831. The fourth-order valence-electron chi connectivity index (χ4n) is 2.00. The van der Waals surface area contributed by atoms with Crippen LogP contribution in [0.4, 0.5) is 11.4 Å². The number of hydrogen-bond acceptors (Lipinski definition) is 5. The Kier molecular flexibility index (Phi) is 5.62. The van der Waals surface area contributed by atoms with Gasteiger partial charge in [-0.25, -0.2) is 4.79 Å². The van der Waals surface area contributed by atoms with Gasteiger partial charge in [0, 0.05) is 18.6 Å². The maximum absolute atomic E-state index is 12.2. The number of nitro benzene ring substituents is 1. The number of benzene rings is 2. The van der Waals surface area contributed by atoms with E-state index in [2.05, 4.69) is 5.32 Å². The van der Waals surface area contributed by atoms with Crippen LogP contribution in [0.25, 0.3) is 0 Å². The van der Waals surface area contributed by atoms with E-state index in [1.165, 1.54) is 18.2 Å². The lowest BCUT2D eigenvalue weighted by Gasteiger charge is -2.10. The Balaban J connectivity index is 2.09. The van der Waals surface area contributed by atoms with Gasteiger partial charge in [0.25, 0.3) is 5.69 Å². The number of para-hydroxylation sites is 1. The minimum atomic E-state index is -0.617. The van der Waals surface area contributed by atoms with Gasteiger partial charge in [-0.2, -0.15) is 0 Å². The van der Waals surface area contributed by atoms with Crippen LogP contribution in [0.2, 0.25) is 0 Å².